The van der Waals surface area contributed by atoms with Crippen molar-refractivity contribution < 1.29 is 18.7 Å². The average Bonchev–Trinajstić information content (AvgIpc) is 2.44. The smallest absolute Gasteiger partial charge is 0.251 e. The van der Waals surface area contributed by atoms with Crippen LogP contribution in [-0.4, -0.2) is 24.6 Å². The van der Waals surface area contributed by atoms with Gasteiger partial charge in [-0.3, -0.25) is 4.79 Å². The number of rotatable bonds is 5. The lowest BCUT2D eigenvalue weighted by atomic mass is 10.3. The summed E-state index contributed by atoms with van der Waals surface area (Å²) in [5.41, 5.74) is 0. The van der Waals surface area contributed by atoms with E-state index in [0.29, 0.717) is 17.3 Å². The second kappa shape index (κ2) is 6.63. The molecule has 0 fully saturated rings. The number of nitrogens with one attached hydrogen (secondary N) is 1. The highest BCUT2D eigenvalue weighted by Crippen LogP contribution is 2.21. The zero-order chi connectivity index (χ0) is 14.4. The van der Waals surface area contributed by atoms with Gasteiger partial charge in [-0.05, 0) is 36.4 Å². The molecular formula is C14H13FN2O3. The number of aromatic nitrogens is 1. The van der Waals surface area contributed by atoms with Crippen LogP contribution in [0, 0.1) is 5.82 Å². The second-order valence-electron chi connectivity index (χ2n) is 3.92. The minimum Gasteiger partial charge on any atom is -0.456 e. The lowest BCUT2D eigenvalue weighted by Gasteiger charge is -2.07. The molecule has 0 saturated heterocycles. The molecule has 0 aliphatic heterocycles. The Balaban J connectivity index is 1.97. The van der Waals surface area contributed by atoms with Gasteiger partial charge >= 0.3 is 0 Å². The van der Waals surface area contributed by atoms with E-state index in [4.69, 9.17) is 9.47 Å². The fraction of sp³-hybridized carbons (Fsp3) is 0.143. The van der Waals surface area contributed by atoms with Gasteiger partial charge in [-0.25, -0.2) is 9.37 Å². The Morgan fingerprint density at radius 3 is 2.50 bits per heavy atom. The zero-order valence-corrected chi connectivity index (χ0v) is 10.8. The number of amides is 1. The van der Waals surface area contributed by atoms with Crippen molar-refractivity contribution in [1.82, 2.24) is 4.98 Å². The van der Waals surface area contributed by atoms with Gasteiger partial charge in [0, 0.05) is 7.11 Å². The molecule has 0 saturated carbocycles. The maximum Gasteiger partial charge on any atom is 0.251 e. The number of halogens is 1. The van der Waals surface area contributed by atoms with Gasteiger partial charge in [-0.15, -0.1) is 0 Å². The molecule has 1 N–H and O–H groups in total. The number of nitrogens with zero attached hydrogens (tertiary/aromatic N) is 1. The third-order valence-corrected chi connectivity index (χ3v) is 2.33. The molecule has 1 aromatic heterocycles. The fourth-order valence-electron chi connectivity index (χ4n) is 1.46. The van der Waals surface area contributed by atoms with Gasteiger partial charge in [-0.1, -0.05) is 0 Å². The summed E-state index contributed by atoms with van der Waals surface area (Å²) in [5, 5.41) is 2.56. The highest BCUT2D eigenvalue weighted by atomic mass is 19.1. The minimum atomic E-state index is -0.327. The number of pyridine rings is 1. The quantitative estimate of drug-likeness (QED) is 0.911. The molecule has 104 valence electrons. The van der Waals surface area contributed by atoms with E-state index in [2.05, 4.69) is 10.3 Å². The van der Waals surface area contributed by atoms with Crippen molar-refractivity contribution in [3.8, 4) is 11.5 Å². The maximum absolute atomic E-state index is 12.7. The van der Waals surface area contributed by atoms with Crippen molar-refractivity contribution >= 4 is 11.7 Å². The largest absolute Gasteiger partial charge is 0.456 e. The molecule has 2 rings (SSSR count). The Kier molecular flexibility index (Phi) is 4.62. The average molecular weight is 276 g/mol. The predicted molar refractivity (Wildman–Crippen MR) is 71.2 cm³/mol. The highest BCUT2D eigenvalue weighted by molar-refractivity contribution is 5.90. The lowest BCUT2D eigenvalue weighted by molar-refractivity contribution is -0.119. The van der Waals surface area contributed by atoms with E-state index in [0.717, 1.165) is 0 Å². The molecule has 2 aromatic rings. The topological polar surface area (TPSA) is 60.5 Å². The summed E-state index contributed by atoms with van der Waals surface area (Å²) in [6.45, 7) is -0.0322. The van der Waals surface area contributed by atoms with Gasteiger partial charge in [0.1, 0.15) is 29.7 Å². The predicted octanol–water partition coefficient (Wildman–Crippen LogP) is 2.60. The molecule has 1 amide bonds. The molecule has 20 heavy (non-hydrogen) atoms. The van der Waals surface area contributed by atoms with E-state index in [1.807, 2.05) is 0 Å². The van der Waals surface area contributed by atoms with Crippen LogP contribution in [0.25, 0.3) is 0 Å². The Morgan fingerprint density at radius 2 is 1.90 bits per heavy atom. The number of carbonyl (C=O) groups is 1. The van der Waals surface area contributed by atoms with Crippen LogP contribution in [-0.2, 0) is 9.53 Å². The van der Waals surface area contributed by atoms with Crippen LogP contribution in [0.3, 0.4) is 0 Å². The minimum absolute atomic E-state index is 0.0322. The summed E-state index contributed by atoms with van der Waals surface area (Å²) in [4.78, 5) is 15.3. The molecule has 6 heteroatoms. The Morgan fingerprint density at radius 1 is 1.20 bits per heavy atom. The summed E-state index contributed by atoms with van der Waals surface area (Å²) in [5.74, 6) is 0.781. The van der Waals surface area contributed by atoms with E-state index in [1.54, 1.807) is 12.1 Å². The number of hydrogen-bond donors (Lipinski definition) is 1. The van der Waals surface area contributed by atoms with Gasteiger partial charge < -0.3 is 14.8 Å². The van der Waals surface area contributed by atoms with Crippen LogP contribution in [0.1, 0.15) is 0 Å². The van der Waals surface area contributed by atoms with Gasteiger partial charge in [0.25, 0.3) is 5.91 Å². The summed E-state index contributed by atoms with van der Waals surface area (Å²) in [6, 6.07) is 8.91. The standard InChI is InChI=1S/C14H13FN2O3/c1-19-9-14(18)17-13-7-6-12(8-16-13)20-11-4-2-10(15)3-5-11/h2-8H,9H2,1H3,(H,16,17,18). The molecule has 0 radical (unpaired) electrons. The van der Waals surface area contributed by atoms with Crippen molar-refractivity contribution in [3.05, 3.63) is 48.4 Å². The van der Waals surface area contributed by atoms with Crippen molar-refractivity contribution in [2.24, 2.45) is 0 Å². The molecule has 0 atom stereocenters. The van der Waals surface area contributed by atoms with Crippen LogP contribution in [0.2, 0.25) is 0 Å². The molecule has 0 bridgehead atoms. The zero-order valence-electron chi connectivity index (χ0n) is 10.8. The second-order valence-corrected chi connectivity index (χ2v) is 3.92. The molecule has 5 nitrogen and oxygen atoms in total. The van der Waals surface area contributed by atoms with Crippen molar-refractivity contribution in [2.45, 2.75) is 0 Å². The normalized spacial score (nSPS) is 10.1. The summed E-state index contributed by atoms with van der Waals surface area (Å²) in [6.07, 6.45) is 1.46. The van der Waals surface area contributed by atoms with Gasteiger partial charge in [0.05, 0.1) is 6.20 Å². The van der Waals surface area contributed by atoms with Crippen molar-refractivity contribution in [2.75, 3.05) is 19.0 Å². The molecule has 1 heterocycles. The Bertz CT molecular complexity index is 570. The van der Waals surface area contributed by atoms with E-state index < -0.39 is 0 Å². The van der Waals surface area contributed by atoms with Crippen LogP contribution < -0.4 is 10.1 Å². The molecule has 1 aromatic carbocycles. The van der Waals surface area contributed by atoms with Gasteiger partial charge in [-0.2, -0.15) is 0 Å². The van der Waals surface area contributed by atoms with Crippen LogP contribution >= 0.6 is 0 Å². The first-order chi connectivity index (χ1) is 9.67. The summed E-state index contributed by atoms with van der Waals surface area (Å²) in [7, 11) is 1.44. The maximum atomic E-state index is 12.7. The first-order valence-electron chi connectivity index (χ1n) is 5.85. The van der Waals surface area contributed by atoms with Gasteiger partial charge in [0.15, 0.2) is 0 Å². The van der Waals surface area contributed by atoms with E-state index >= 15 is 0 Å². The summed E-state index contributed by atoms with van der Waals surface area (Å²) < 4.78 is 22.9. The van der Waals surface area contributed by atoms with Gasteiger partial charge in [0.2, 0.25) is 0 Å². The lowest BCUT2D eigenvalue weighted by Crippen LogP contribution is -2.17. The molecule has 0 spiro atoms. The Hall–Kier alpha value is -2.47. The third kappa shape index (κ3) is 4.03. The van der Waals surface area contributed by atoms with Crippen LogP contribution in [0.5, 0.6) is 11.5 Å². The van der Waals surface area contributed by atoms with E-state index in [9.17, 15) is 9.18 Å². The number of anilines is 1. The summed E-state index contributed by atoms with van der Waals surface area (Å²) >= 11 is 0. The van der Waals surface area contributed by atoms with E-state index in [-0.39, 0.29) is 18.3 Å². The number of benzene rings is 1. The monoisotopic (exact) mass is 276 g/mol. The third-order valence-electron chi connectivity index (χ3n) is 2.33. The highest BCUT2D eigenvalue weighted by Gasteiger charge is 2.03. The molecular weight excluding hydrogens is 263 g/mol. The molecule has 0 unspecified atom stereocenters. The van der Waals surface area contributed by atoms with Crippen molar-refractivity contribution in [3.63, 3.8) is 0 Å². The van der Waals surface area contributed by atoms with Crippen LogP contribution in [0.4, 0.5) is 10.2 Å². The number of ether oxygens (including phenoxy) is 2. The fourth-order valence-corrected chi connectivity index (χ4v) is 1.46. The first kappa shape index (κ1) is 14.0. The first-order valence-corrected chi connectivity index (χ1v) is 5.85. The number of carbonyl (C=O) groups excluding carboxylic acids is 1. The van der Waals surface area contributed by atoms with Crippen molar-refractivity contribution in [1.29, 1.82) is 0 Å². The molecule has 0 aliphatic carbocycles. The molecule has 0 aliphatic rings. The Labute approximate surface area is 115 Å². The number of methoxy groups -OCH3 is 1. The van der Waals surface area contributed by atoms with Crippen LogP contribution in [0.15, 0.2) is 42.6 Å². The number of hydrogen-bond acceptors (Lipinski definition) is 4. The van der Waals surface area contributed by atoms with E-state index in [1.165, 1.54) is 37.6 Å². The SMILES string of the molecule is COCC(=O)Nc1ccc(Oc2ccc(F)cc2)cn1.